The molecule has 1 aliphatic carbocycles. The van der Waals surface area contributed by atoms with Gasteiger partial charge in [0.15, 0.2) is 22.9 Å². The molecule has 0 unspecified atom stereocenters. The highest BCUT2D eigenvalue weighted by atomic mass is 28.4. The fraction of sp³-hybridized carbons (Fsp3) is 0.854. The first-order chi connectivity index (χ1) is 23.0. The highest BCUT2D eigenvalue weighted by Gasteiger charge is 2.50. The van der Waals surface area contributed by atoms with Gasteiger partial charge in [-0.2, -0.15) is 0 Å². The van der Waals surface area contributed by atoms with Crippen molar-refractivity contribution in [1.29, 1.82) is 0 Å². The predicted molar refractivity (Wildman–Crippen MR) is 211 cm³/mol. The molecule has 0 aromatic heterocycles. The van der Waals surface area contributed by atoms with Gasteiger partial charge in [0.25, 0.3) is 0 Å². The Morgan fingerprint density at radius 3 is 1.96 bits per heavy atom. The van der Waals surface area contributed by atoms with E-state index in [0.29, 0.717) is 37.1 Å². The van der Waals surface area contributed by atoms with Crippen LogP contribution in [0.1, 0.15) is 101 Å². The van der Waals surface area contributed by atoms with Crippen LogP contribution in [0.5, 0.6) is 5.75 Å². The maximum atomic E-state index is 7.40. The van der Waals surface area contributed by atoms with Crippen molar-refractivity contribution >= 4 is 16.6 Å². The van der Waals surface area contributed by atoms with E-state index in [9.17, 15) is 0 Å². The summed E-state index contributed by atoms with van der Waals surface area (Å²) in [5, 5.41) is 0.298. The summed E-state index contributed by atoms with van der Waals surface area (Å²) in [6.45, 7) is 36.8. The van der Waals surface area contributed by atoms with Gasteiger partial charge in [-0.1, -0.05) is 88.3 Å². The molecule has 0 amide bonds. The van der Waals surface area contributed by atoms with Gasteiger partial charge >= 0.3 is 0 Å². The van der Waals surface area contributed by atoms with Crippen molar-refractivity contribution in [2.75, 3.05) is 34.2 Å². The van der Waals surface area contributed by atoms with E-state index >= 15 is 0 Å². The quantitative estimate of drug-likeness (QED) is 0.110. The summed E-state index contributed by atoms with van der Waals surface area (Å²) in [6, 6.07) is 8.05. The van der Waals surface area contributed by atoms with Gasteiger partial charge in [-0.3, -0.25) is 0 Å². The van der Waals surface area contributed by atoms with Crippen LogP contribution in [0, 0.1) is 41.4 Å². The molecule has 1 aliphatic heterocycles. The van der Waals surface area contributed by atoms with E-state index in [2.05, 4.69) is 102 Å². The van der Waals surface area contributed by atoms with Crippen LogP contribution in [0.2, 0.25) is 36.3 Å². The molecule has 11 atom stereocenters. The lowest BCUT2D eigenvalue weighted by atomic mass is 9.81. The molecular weight excluding hydrogens is 661 g/mol. The Morgan fingerprint density at radius 1 is 0.820 bits per heavy atom. The molecule has 1 heterocycles. The first kappa shape index (κ1) is 43.6. The second-order valence-corrected chi connectivity index (χ2v) is 28.6. The Balaban J connectivity index is 1.77. The van der Waals surface area contributed by atoms with E-state index in [0.717, 1.165) is 24.3 Å². The molecule has 2 aliphatic rings. The van der Waals surface area contributed by atoms with Crippen LogP contribution in [0.15, 0.2) is 24.3 Å². The van der Waals surface area contributed by atoms with E-state index in [1.54, 1.807) is 14.2 Å². The zero-order valence-corrected chi connectivity index (χ0v) is 37.1. The maximum absolute atomic E-state index is 7.40. The first-order valence-corrected chi connectivity index (χ1v) is 25.2. The molecule has 1 aromatic carbocycles. The van der Waals surface area contributed by atoms with Gasteiger partial charge in [0.2, 0.25) is 0 Å². The van der Waals surface area contributed by atoms with Crippen molar-refractivity contribution in [2.45, 2.75) is 150 Å². The normalized spacial score (nSPS) is 27.3. The molecule has 2 fully saturated rings. The third-order valence-electron chi connectivity index (χ3n) is 12.9. The minimum absolute atomic E-state index is 0.0237. The minimum Gasteiger partial charge on any atom is -0.497 e. The summed E-state index contributed by atoms with van der Waals surface area (Å²) in [7, 11) is -0.517. The standard InChI is InChI=1S/C41H76O7Si2/c1-27(22-33-23-35(33)30(4)36(45-26-42-12)29(3)25-46-49(14,15)40(6,7)8)38(48-50(16,17)41(9,10)11)31(5)37-28(2)24-44-39(47-37)32-18-20-34(43-13)21-19-32/h18-21,27-31,33,35-39H,22-26H2,1-17H3/t27-,28-,29-,30-,31+,33-,35-,36-,37-,38+,39-/m0/s1. The molecular formula is C41H76O7Si2. The smallest absolute Gasteiger partial charge is 0.192 e. The van der Waals surface area contributed by atoms with Crippen molar-refractivity contribution in [3.63, 3.8) is 0 Å². The summed E-state index contributed by atoms with van der Waals surface area (Å²) >= 11 is 0. The Kier molecular flexibility index (Phi) is 15.3. The van der Waals surface area contributed by atoms with Gasteiger partial charge in [0.05, 0.1) is 32.0 Å². The summed E-state index contributed by atoms with van der Waals surface area (Å²) in [6.07, 6.45) is 2.19. The molecule has 0 bridgehead atoms. The zero-order chi connectivity index (χ0) is 37.8. The van der Waals surface area contributed by atoms with Crippen molar-refractivity contribution < 1.29 is 32.5 Å². The number of hydrogen-bond donors (Lipinski definition) is 0. The van der Waals surface area contributed by atoms with E-state index in [1.165, 1.54) is 6.42 Å². The topological polar surface area (TPSA) is 64.6 Å². The third kappa shape index (κ3) is 11.1. The number of rotatable bonds is 18. The second kappa shape index (κ2) is 17.6. The van der Waals surface area contributed by atoms with Gasteiger partial charge < -0.3 is 32.5 Å². The minimum atomic E-state index is -2.07. The monoisotopic (exact) mass is 737 g/mol. The Bertz CT molecular complexity index is 1160. The van der Waals surface area contributed by atoms with Crippen LogP contribution < -0.4 is 4.74 Å². The molecule has 0 N–H and O–H groups in total. The van der Waals surface area contributed by atoms with Gasteiger partial charge in [-0.25, -0.2) is 0 Å². The predicted octanol–water partition coefficient (Wildman–Crippen LogP) is 10.7. The van der Waals surface area contributed by atoms with Crippen LogP contribution in [0.4, 0.5) is 0 Å². The molecule has 0 radical (unpaired) electrons. The SMILES string of the molecule is COCO[C@H]([C@@H](C)[C@@H]1C[C@@H]1C[C@H](C)[C@@H](O[Si](C)(C)C(C)(C)C)[C@H](C)[C@H]1O[C@@H](c2ccc(OC)cc2)OC[C@@H]1C)[C@@H](C)CO[Si](C)(C)C(C)(C)C. The fourth-order valence-electron chi connectivity index (χ4n) is 7.35. The van der Waals surface area contributed by atoms with Gasteiger partial charge in [0, 0.05) is 37.0 Å². The summed E-state index contributed by atoms with van der Waals surface area (Å²) in [4.78, 5) is 0. The van der Waals surface area contributed by atoms with E-state index in [-0.39, 0.29) is 46.1 Å². The summed E-state index contributed by atoms with van der Waals surface area (Å²) in [5.41, 5.74) is 1.02. The molecule has 3 rings (SSSR count). The molecule has 290 valence electrons. The lowest BCUT2D eigenvalue weighted by molar-refractivity contribution is -0.256. The van der Waals surface area contributed by atoms with Gasteiger partial charge in [-0.05, 0) is 84.9 Å². The lowest BCUT2D eigenvalue weighted by Crippen LogP contribution is -2.51. The lowest BCUT2D eigenvalue weighted by Gasteiger charge is -2.47. The molecule has 9 heteroatoms. The van der Waals surface area contributed by atoms with E-state index < -0.39 is 22.9 Å². The van der Waals surface area contributed by atoms with Crippen LogP contribution >= 0.6 is 0 Å². The van der Waals surface area contributed by atoms with E-state index in [4.69, 9.17) is 32.5 Å². The first-order valence-electron chi connectivity index (χ1n) is 19.4. The number of benzene rings is 1. The Hall–Kier alpha value is -0.786. The van der Waals surface area contributed by atoms with Crippen molar-refractivity contribution in [1.82, 2.24) is 0 Å². The number of ether oxygens (including phenoxy) is 5. The average Bonchev–Trinajstić information content (AvgIpc) is 3.80. The van der Waals surface area contributed by atoms with Crippen molar-refractivity contribution in [2.24, 2.45) is 41.4 Å². The van der Waals surface area contributed by atoms with Gasteiger partial charge in [-0.15, -0.1) is 0 Å². The largest absolute Gasteiger partial charge is 0.497 e. The third-order valence-corrected chi connectivity index (χ3v) is 21.8. The van der Waals surface area contributed by atoms with Crippen molar-refractivity contribution in [3.05, 3.63) is 29.8 Å². The second-order valence-electron chi connectivity index (χ2n) is 19.0. The fourth-order valence-corrected chi connectivity index (χ4v) is 9.94. The highest BCUT2D eigenvalue weighted by molar-refractivity contribution is 6.74. The van der Waals surface area contributed by atoms with Crippen LogP contribution in [0.3, 0.4) is 0 Å². The van der Waals surface area contributed by atoms with Crippen LogP contribution in [-0.2, 0) is 27.8 Å². The number of methoxy groups -OCH3 is 2. The number of hydrogen-bond acceptors (Lipinski definition) is 7. The molecule has 50 heavy (non-hydrogen) atoms. The molecule has 1 aromatic rings. The summed E-state index contributed by atoms with van der Waals surface area (Å²) in [5.74, 6) is 3.67. The van der Waals surface area contributed by atoms with Crippen LogP contribution in [-0.4, -0.2) is 69.2 Å². The van der Waals surface area contributed by atoms with E-state index in [1.807, 2.05) is 24.3 Å². The van der Waals surface area contributed by atoms with Gasteiger partial charge in [0.1, 0.15) is 12.5 Å². The zero-order valence-electron chi connectivity index (χ0n) is 35.1. The molecule has 1 saturated heterocycles. The molecule has 7 nitrogen and oxygen atoms in total. The van der Waals surface area contributed by atoms with Crippen molar-refractivity contribution in [3.8, 4) is 5.75 Å². The Morgan fingerprint density at radius 2 is 1.42 bits per heavy atom. The maximum Gasteiger partial charge on any atom is 0.192 e. The molecule has 1 saturated carbocycles. The Labute approximate surface area is 309 Å². The van der Waals surface area contributed by atoms with Crippen LogP contribution in [0.25, 0.3) is 0 Å². The average molecular weight is 737 g/mol. The highest BCUT2D eigenvalue weighted by Crippen LogP contribution is 2.52. The molecule has 0 spiro atoms. The summed E-state index contributed by atoms with van der Waals surface area (Å²) < 4.78 is 44.4.